The second-order valence-electron chi connectivity index (χ2n) is 4.16. The number of thiocarbonyl (C=S) groups is 1. The number of nitrogens with zero attached hydrogens (tertiary/aromatic N) is 3. The summed E-state index contributed by atoms with van der Waals surface area (Å²) in [5.74, 6) is 0.157. The number of rotatable bonds is 3. The van der Waals surface area contributed by atoms with Crippen molar-refractivity contribution in [1.82, 2.24) is 0 Å². The highest BCUT2D eigenvalue weighted by Crippen LogP contribution is 2.14. The third kappa shape index (κ3) is 4.33. The highest BCUT2D eigenvalue weighted by Gasteiger charge is 2.13. The molecule has 4 N–H and O–H groups in total. The Hall–Kier alpha value is -1.95. The molecular weight excluding hydrogens is 258 g/mol. The summed E-state index contributed by atoms with van der Waals surface area (Å²) in [4.78, 5) is 1.49. The van der Waals surface area contributed by atoms with Crippen LogP contribution >= 0.6 is 12.2 Å². The summed E-state index contributed by atoms with van der Waals surface area (Å²) in [5, 5.41) is 8.10. The normalized spacial score (nSPS) is 12.4. The molecule has 0 heterocycles. The fourth-order valence-corrected chi connectivity index (χ4v) is 1.52. The summed E-state index contributed by atoms with van der Waals surface area (Å²) in [6.07, 6.45) is 0.814. The Kier molecular flexibility index (Phi) is 5.44. The van der Waals surface area contributed by atoms with E-state index in [4.69, 9.17) is 23.7 Å². The van der Waals surface area contributed by atoms with Crippen LogP contribution in [0.1, 0.15) is 25.8 Å². The molecule has 0 atom stereocenters. The van der Waals surface area contributed by atoms with Gasteiger partial charge in [0.05, 0.1) is 5.69 Å². The van der Waals surface area contributed by atoms with Crippen LogP contribution in [0.15, 0.2) is 34.5 Å². The van der Waals surface area contributed by atoms with Crippen molar-refractivity contribution in [2.45, 2.75) is 27.2 Å². The van der Waals surface area contributed by atoms with Crippen LogP contribution < -0.4 is 16.4 Å². The molecule has 0 amide bonds. The van der Waals surface area contributed by atoms with Gasteiger partial charge in [0.1, 0.15) is 0 Å². The molecule has 0 aliphatic rings. The Labute approximate surface area is 119 Å². The van der Waals surface area contributed by atoms with Gasteiger partial charge in [0.25, 0.3) is 0 Å². The maximum absolute atomic E-state index is 5.89. The maximum atomic E-state index is 5.89. The SMILES string of the molecule is CCC(C)=NN=C(N)N(C(N)=S)c1ccc(C)cc1. The van der Waals surface area contributed by atoms with Crippen LogP contribution in [0.2, 0.25) is 0 Å². The number of guanidine groups is 1. The molecule has 5 nitrogen and oxygen atoms in total. The molecule has 102 valence electrons. The van der Waals surface area contributed by atoms with Gasteiger partial charge in [0.2, 0.25) is 5.96 Å². The molecule has 0 aliphatic heterocycles. The Morgan fingerprint density at radius 3 is 2.26 bits per heavy atom. The Bertz CT molecular complexity index is 504. The molecule has 0 radical (unpaired) electrons. The van der Waals surface area contributed by atoms with Crippen molar-refractivity contribution < 1.29 is 0 Å². The third-order valence-corrected chi connectivity index (χ3v) is 2.76. The van der Waals surface area contributed by atoms with E-state index in [1.54, 1.807) is 0 Å². The first-order valence-corrected chi connectivity index (χ1v) is 6.39. The van der Waals surface area contributed by atoms with E-state index < -0.39 is 0 Å². The molecule has 0 aliphatic carbocycles. The molecule has 19 heavy (non-hydrogen) atoms. The average Bonchev–Trinajstić information content (AvgIpc) is 2.38. The van der Waals surface area contributed by atoms with E-state index in [0.717, 1.165) is 23.4 Å². The van der Waals surface area contributed by atoms with Crippen molar-refractivity contribution in [2.75, 3.05) is 4.90 Å². The Morgan fingerprint density at radius 1 is 1.21 bits per heavy atom. The third-order valence-electron chi connectivity index (χ3n) is 2.58. The smallest absolute Gasteiger partial charge is 0.227 e. The Balaban J connectivity index is 3.08. The molecule has 1 rings (SSSR count). The van der Waals surface area contributed by atoms with Crippen molar-refractivity contribution in [2.24, 2.45) is 21.7 Å². The van der Waals surface area contributed by atoms with Gasteiger partial charge in [0, 0.05) is 5.71 Å². The van der Waals surface area contributed by atoms with Gasteiger partial charge in [-0.05, 0) is 44.6 Å². The topological polar surface area (TPSA) is 80.0 Å². The molecular formula is C13H19N5S. The summed E-state index contributed by atoms with van der Waals surface area (Å²) in [6.45, 7) is 5.88. The van der Waals surface area contributed by atoms with Crippen LogP contribution in [-0.2, 0) is 0 Å². The van der Waals surface area contributed by atoms with Gasteiger partial charge in [-0.1, -0.05) is 24.6 Å². The van der Waals surface area contributed by atoms with Crippen LogP contribution in [0, 0.1) is 6.92 Å². The second kappa shape index (κ2) is 6.84. The first-order chi connectivity index (χ1) is 8.95. The minimum atomic E-state index is 0.134. The number of anilines is 1. The first-order valence-electron chi connectivity index (χ1n) is 5.98. The quantitative estimate of drug-likeness (QED) is 0.384. The molecule has 0 aromatic heterocycles. The van der Waals surface area contributed by atoms with Gasteiger partial charge in [0.15, 0.2) is 5.11 Å². The van der Waals surface area contributed by atoms with Gasteiger partial charge in [-0.2, -0.15) is 5.10 Å². The van der Waals surface area contributed by atoms with E-state index >= 15 is 0 Å². The van der Waals surface area contributed by atoms with E-state index in [1.165, 1.54) is 4.90 Å². The van der Waals surface area contributed by atoms with E-state index in [-0.39, 0.29) is 11.1 Å². The zero-order valence-electron chi connectivity index (χ0n) is 11.4. The summed E-state index contributed by atoms with van der Waals surface area (Å²) in [5.41, 5.74) is 14.4. The maximum Gasteiger partial charge on any atom is 0.227 e. The van der Waals surface area contributed by atoms with E-state index in [0.29, 0.717) is 0 Å². The van der Waals surface area contributed by atoms with E-state index in [9.17, 15) is 0 Å². The van der Waals surface area contributed by atoms with E-state index in [2.05, 4.69) is 10.2 Å². The van der Waals surface area contributed by atoms with Gasteiger partial charge >= 0.3 is 0 Å². The number of hydrogen-bond acceptors (Lipinski definition) is 3. The molecule has 0 bridgehead atoms. The van der Waals surface area contributed by atoms with Crippen LogP contribution in [0.3, 0.4) is 0 Å². The number of benzene rings is 1. The Morgan fingerprint density at radius 2 is 1.79 bits per heavy atom. The number of nitrogens with two attached hydrogens (primary N) is 2. The molecule has 0 fully saturated rings. The number of aryl methyl sites for hydroxylation is 1. The van der Waals surface area contributed by atoms with Crippen LogP contribution in [0.25, 0.3) is 0 Å². The minimum absolute atomic E-state index is 0.134. The molecule has 6 heteroatoms. The molecule has 0 saturated heterocycles. The lowest BCUT2D eigenvalue weighted by Crippen LogP contribution is -2.45. The predicted octanol–water partition coefficient (Wildman–Crippen LogP) is 2.15. The largest absolute Gasteiger partial charge is 0.376 e. The van der Waals surface area contributed by atoms with Crippen molar-refractivity contribution in [3.63, 3.8) is 0 Å². The summed E-state index contributed by atoms with van der Waals surface area (Å²) < 4.78 is 0. The van der Waals surface area contributed by atoms with Crippen molar-refractivity contribution in [1.29, 1.82) is 0 Å². The fourth-order valence-electron chi connectivity index (χ4n) is 1.32. The van der Waals surface area contributed by atoms with E-state index in [1.807, 2.05) is 45.0 Å². The van der Waals surface area contributed by atoms with Crippen molar-refractivity contribution >= 4 is 34.7 Å². The summed E-state index contributed by atoms with van der Waals surface area (Å²) in [7, 11) is 0. The molecule has 0 saturated carbocycles. The first kappa shape index (κ1) is 15.1. The van der Waals surface area contributed by atoms with Crippen molar-refractivity contribution in [3.05, 3.63) is 29.8 Å². The fraction of sp³-hybridized carbons (Fsp3) is 0.308. The molecule has 0 unspecified atom stereocenters. The lowest BCUT2D eigenvalue weighted by Gasteiger charge is -2.20. The summed E-state index contributed by atoms with van der Waals surface area (Å²) >= 11 is 5.01. The number of hydrogen-bond donors (Lipinski definition) is 2. The average molecular weight is 277 g/mol. The van der Waals surface area contributed by atoms with Gasteiger partial charge < -0.3 is 11.5 Å². The van der Waals surface area contributed by atoms with Gasteiger partial charge in [-0.3, -0.25) is 4.90 Å². The molecule has 1 aromatic rings. The highest BCUT2D eigenvalue weighted by atomic mass is 32.1. The lowest BCUT2D eigenvalue weighted by atomic mass is 10.2. The predicted molar refractivity (Wildman–Crippen MR) is 85.5 cm³/mol. The van der Waals surface area contributed by atoms with Crippen LogP contribution in [0.4, 0.5) is 5.69 Å². The van der Waals surface area contributed by atoms with Gasteiger partial charge in [-0.25, -0.2) is 0 Å². The second-order valence-corrected chi connectivity index (χ2v) is 4.57. The van der Waals surface area contributed by atoms with Crippen LogP contribution in [-0.4, -0.2) is 16.8 Å². The zero-order valence-corrected chi connectivity index (χ0v) is 12.2. The zero-order chi connectivity index (χ0) is 14.4. The lowest BCUT2D eigenvalue weighted by molar-refractivity contribution is 1.13. The molecule has 1 aromatic carbocycles. The summed E-state index contributed by atoms with van der Waals surface area (Å²) in [6, 6.07) is 7.67. The van der Waals surface area contributed by atoms with Crippen LogP contribution in [0.5, 0.6) is 0 Å². The van der Waals surface area contributed by atoms with Crippen molar-refractivity contribution in [3.8, 4) is 0 Å². The standard InChI is InChI=1S/C13H19N5S/c1-4-10(3)16-17-12(14)18(13(15)19)11-7-5-9(2)6-8-11/h5-8H,4H2,1-3H3,(H2,14,17)(H2,15,19). The van der Waals surface area contributed by atoms with Gasteiger partial charge in [-0.15, -0.1) is 5.10 Å². The monoisotopic (exact) mass is 277 g/mol. The molecule has 0 spiro atoms. The highest BCUT2D eigenvalue weighted by molar-refractivity contribution is 7.80. The minimum Gasteiger partial charge on any atom is -0.376 e.